The minimum absolute atomic E-state index is 0.120. The quantitative estimate of drug-likeness (QED) is 0.534. The fraction of sp³-hybridized carbons (Fsp3) is 0.350. The molecule has 3 rings (SSSR count). The van der Waals surface area contributed by atoms with Crippen LogP contribution < -0.4 is 5.32 Å². The molecule has 0 amide bonds. The molecule has 120 valence electrons. The number of hydrogen-bond acceptors (Lipinski definition) is 2. The molecular formula is C20H22ClNO. The predicted molar refractivity (Wildman–Crippen MR) is 96.5 cm³/mol. The normalized spacial score (nSPS) is 19.4. The van der Waals surface area contributed by atoms with Gasteiger partial charge in [-0.2, -0.15) is 0 Å². The Morgan fingerprint density at radius 1 is 1.13 bits per heavy atom. The van der Waals surface area contributed by atoms with Gasteiger partial charge in [-0.3, -0.25) is 4.79 Å². The summed E-state index contributed by atoms with van der Waals surface area (Å²) >= 11 is 5.92. The van der Waals surface area contributed by atoms with E-state index >= 15 is 0 Å². The summed E-state index contributed by atoms with van der Waals surface area (Å²) in [5.74, 6) is 0.724. The number of benzene rings is 2. The molecule has 0 heterocycles. The molecule has 2 atom stereocenters. The first kappa shape index (κ1) is 16.1. The van der Waals surface area contributed by atoms with Gasteiger partial charge in [-0.15, -0.1) is 0 Å². The minimum atomic E-state index is 0.120. The Balaban J connectivity index is 1.59. The standard InChI is InChI=1S/C20H22ClNO/c1-2-3-12-22-17-10-6-15(7-11-17)20(23)19-13-18(19)14-4-8-16(21)9-5-14/h4-11,18-19,22H,2-3,12-13H2,1H3. The third-order valence-electron chi connectivity index (χ3n) is 4.45. The van der Waals surface area contributed by atoms with Gasteiger partial charge in [-0.05, 0) is 60.7 Å². The summed E-state index contributed by atoms with van der Waals surface area (Å²) in [6.45, 7) is 3.15. The number of ketones is 1. The number of carbonyl (C=O) groups excluding carboxylic acids is 1. The molecule has 1 aliphatic carbocycles. The third-order valence-corrected chi connectivity index (χ3v) is 4.71. The molecule has 1 fully saturated rings. The van der Waals surface area contributed by atoms with E-state index in [9.17, 15) is 4.79 Å². The van der Waals surface area contributed by atoms with Gasteiger partial charge in [-0.1, -0.05) is 37.1 Å². The molecule has 0 radical (unpaired) electrons. The van der Waals surface area contributed by atoms with Crippen LogP contribution in [0.3, 0.4) is 0 Å². The zero-order chi connectivity index (χ0) is 16.2. The van der Waals surface area contributed by atoms with Crippen molar-refractivity contribution in [3.05, 3.63) is 64.7 Å². The average Bonchev–Trinajstić information content (AvgIpc) is 3.36. The molecule has 1 N–H and O–H groups in total. The van der Waals surface area contributed by atoms with Crippen molar-refractivity contribution in [3.8, 4) is 0 Å². The van der Waals surface area contributed by atoms with Gasteiger partial charge in [-0.25, -0.2) is 0 Å². The number of hydrogen-bond donors (Lipinski definition) is 1. The fourth-order valence-electron chi connectivity index (χ4n) is 2.94. The Kier molecular flexibility index (Phi) is 5.02. The number of anilines is 1. The van der Waals surface area contributed by atoms with Gasteiger partial charge >= 0.3 is 0 Å². The van der Waals surface area contributed by atoms with Crippen LogP contribution in [0.25, 0.3) is 0 Å². The maximum absolute atomic E-state index is 12.6. The lowest BCUT2D eigenvalue weighted by Gasteiger charge is -2.06. The first-order chi connectivity index (χ1) is 11.2. The third kappa shape index (κ3) is 3.94. The summed E-state index contributed by atoms with van der Waals surface area (Å²) in [4.78, 5) is 12.6. The molecule has 2 aromatic carbocycles. The number of rotatable bonds is 7. The Morgan fingerprint density at radius 2 is 1.83 bits per heavy atom. The lowest BCUT2D eigenvalue weighted by atomic mass is 10.0. The summed E-state index contributed by atoms with van der Waals surface area (Å²) in [6, 6.07) is 15.7. The van der Waals surface area contributed by atoms with Gasteiger partial charge in [0.05, 0.1) is 0 Å². The average molecular weight is 328 g/mol. The molecule has 2 aromatic rings. The molecule has 0 saturated heterocycles. The fourth-order valence-corrected chi connectivity index (χ4v) is 3.07. The van der Waals surface area contributed by atoms with Crippen molar-refractivity contribution < 1.29 is 4.79 Å². The highest BCUT2D eigenvalue weighted by atomic mass is 35.5. The minimum Gasteiger partial charge on any atom is -0.385 e. The van der Waals surface area contributed by atoms with E-state index in [-0.39, 0.29) is 11.7 Å². The Labute approximate surface area is 142 Å². The summed E-state index contributed by atoms with van der Waals surface area (Å²) in [7, 11) is 0. The van der Waals surface area contributed by atoms with Crippen LogP contribution in [0.2, 0.25) is 5.02 Å². The molecular weight excluding hydrogens is 306 g/mol. The van der Waals surface area contributed by atoms with Crippen molar-refractivity contribution in [2.24, 2.45) is 5.92 Å². The van der Waals surface area contributed by atoms with Crippen molar-refractivity contribution in [1.29, 1.82) is 0 Å². The van der Waals surface area contributed by atoms with Crippen LogP contribution in [0.5, 0.6) is 0 Å². The van der Waals surface area contributed by atoms with Crippen LogP contribution in [0.15, 0.2) is 48.5 Å². The first-order valence-corrected chi connectivity index (χ1v) is 8.70. The van der Waals surface area contributed by atoms with Crippen molar-refractivity contribution in [1.82, 2.24) is 0 Å². The first-order valence-electron chi connectivity index (χ1n) is 8.32. The molecule has 0 spiro atoms. The van der Waals surface area contributed by atoms with Crippen LogP contribution >= 0.6 is 11.6 Å². The second kappa shape index (κ2) is 7.18. The van der Waals surface area contributed by atoms with Gasteiger partial charge in [0.1, 0.15) is 0 Å². The highest BCUT2D eigenvalue weighted by molar-refractivity contribution is 6.30. The number of Topliss-reactive ketones (excluding diaryl/α,β-unsaturated/α-hetero) is 1. The van der Waals surface area contributed by atoms with Gasteiger partial charge in [0.2, 0.25) is 0 Å². The van der Waals surface area contributed by atoms with Crippen molar-refractivity contribution >= 4 is 23.1 Å². The molecule has 1 aliphatic rings. The molecule has 0 bridgehead atoms. The van der Waals surface area contributed by atoms with E-state index in [2.05, 4.69) is 12.2 Å². The lowest BCUT2D eigenvalue weighted by molar-refractivity contribution is 0.0965. The van der Waals surface area contributed by atoms with E-state index in [0.29, 0.717) is 5.92 Å². The summed E-state index contributed by atoms with van der Waals surface area (Å²) in [5, 5.41) is 4.11. The van der Waals surface area contributed by atoms with Gasteiger partial charge in [0.25, 0.3) is 0 Å². The zero-order valence-corrected chi connectivity index (χ0v) is 14.1. The Morgan fingerprint density at radius 3 is 2.48 bits per heavy atom. The number of carbonyl (C=O) groups is 1. The second-order valence-electron chi connectivity index (χ2n) is 6.22. The molecule has 23 heavy (non-hydrogen) atoms. The SMILES string of the molecule is CCCCNc1ccc(C(=O)C2CC2c2ccc(Cl)cc2)cc1. The lowest BCUT2D eigenvalue weighted by Crippen LogP contribution is -2.04. The van der Waals surface area contributed by atoms with E-state index in [1.165, 1.54) is 12.0 Å². The van der Waals surface area contributed by atoms with Crippen LogP contribution in [0, 0.1) is 5.92 Å². The van der Waals surface area contributed by atoms with Crippen molar-refractivity contribution in [2.75, 3.05) is 11.9 Å². The Bertz CT molecular complexity index is 663. The maximum atomic E-state index is 12.6. The molecule has 2 unspecified atom stereocenters. The molecule has 2 nitrogen and oxygen atoms in total. The summed E-state index contributed by atoms with van der Waals surface area (Å²) < 4.78 is 0. The van der Waals surface area contributed by atoms with Gasteiger partial charge in [0, 0.05) is 28.7 Å². The molecule has 3 heteroatoms. The van der Waals surface area contributed by atoms with E-state index < -0.39 is 0 Å². The van der Waals surface area contributed by atoms with Crippen LogP contribution in [-0.2, 0) is 0 Å². The highest BCUT2D eigenvalue weighted by Crippen LogP contribution is 2.49. The largest absolute Gasteiger partial charge is 0.385 e. The molecule has 0 aromatic heterocycles. The number of halogens is 1. The monoisotopic (exact) mass is 327 g/mol. The van der Waals surface area contributed by atoms with E-state index in [1.54, 1.807) is 0 Å². The zero-order valence-electron chi connectivity index (χ0n) is 13.4. The highest BCUT2D eigenvalue weighted by Gasteiger charge is 2.43. The van der Waals surface area contributed by atoms with Crippen molar-refractivity contribution in [3.63, 3.8) is 0 Å². The maximum Gasteiger partial charge on any atom is 0.166 e. The topological polar surface area (TPSA) is 29.1 Å². The summed E-state index contributed by atoms with van der Waals surface area (Å²) in [5.41, 5.74) is 3.11. The summed E-state index contributed by atoms with van der Waals surface area (Å²) in [6.07, 6.45) is 3.28. The van der Waals surface area contributed by atoms with Crippen LogP contribution in [0.1, 0.15) is 48.0 Å². The molecule has 0 aliphatic heterocycles. The van der Waals surface area contributed by atoms with E-state index in [1.807, 2.05) is 48.5 Å². The Hall–Kier alpha value is -1.80. The van der Waals surface area contributed by atoms with E-state index in [4.69, 9.17) is 11.6 Å². The van der Waals surface area contributed by atoms with Crippen molar-refractivity contribution in [2.45, 2.75) is 32.1 Å². The van der Waals surface area contributed by atoms with E-state index in [0.717, 1.165) is 35.7 Å². The van der Waals surface area contributed by atoms with Crippen LogP contribution in [-0.4, -0.2) is 12.3 Å². The van der Waals surface area contributed by atoms with Gasteiger partial charge in [0.15, 0.2) is 5.78 Å². The van der Waals surface area contributed by atoms with Gasteiger partial charge < -0.3 is 5.32 Å². The number of unbranched alkanes of at least 4 members (excludes halogenated alkanes) is 1. The second-order valence-corrected chi connectivity index (χ2v) is 6.66. The number of nitrogens with one attached hydrogen (secondary N) is 1. The smallest absolute Gasteiger partial charge is 0.166 e. The molecule has 1 saturated carbocycles. The predicted octanol–water partition coefficient (Wildman–Crippen LogP) is 5.54. The van der Waals surface area contributed by atoms with Crippen LogP contribution in [0.4, 0.5) is 5.69 Å².